The molecule has 1 N–H and O–H groups in total. The maximum atomic E-state index is 11.7. The van der Waals surface area contributed by atoms with Gasteiger partial charge in [0.2, 0.25) is 0 Å². The normalized spacial score (nSPS) is 10.2. The van der Waals surface area contributed by atoms with Crippen molar-refractivity contribution in [1.29, 1.82) is 0 Å². The van der Waals surface area contributed by atoms with Gasteiger partial charge in [-0.25, -0.2) is 4.98 Å². The molecule has 0 unspecified atom stereocenters. The van der Waals surface area contributed by atoms with Crippen LogP contribution in [0.1, 0.15) is 5.56 Å². The van der Waals surface area contributed by atoms with Gasteiger partial charge < -0.3 is 4.98 Å². The van der Waals surface area contributed by atoms with E-state index in [4.69, 9.17) is 0 Å². The van der Waals surface area contributed by atoms with Crippen molar-refractivity contribution in [2.24, 2.45) is 0 Å². The molecule has 0 spiro atoms. The van der Waals surface area contributed by atoms with E-state index in [1.807, 2.05) is 30.3 Å². The molecule has 4 nitrogen and oxygen atoms in total. The number of nitrogens with one attached hydrogen (secondary N) is 1. The molecular formula is C13H12N2O2S. The number of benzene rings is 1. The molecule has 0 saturated carbocycles. The Labute approximate surface area is 108 Å². The quantitative estimate of drug-likeness (QED) is 0.656. The van der Waals surface area contributed by atoms with Gasteiger partial charge in [-0.3, -0.25) is 9.59 Å². The topological polar surface area (TPSA) is 62.8 Å². The van der Waals surface area contributed by atoms with E-state index >= 15 is 0 Å². The van der Waals surface area contributed by atoms with Gasteiger partial charge in [0.05, 0.1) is 5.75 Å². The number of hydrogen-bond donors (Lipinski definition) is 1. The molecule has 0 aliphatic carbocycles. The molecule has 0 atom stereocenters. The largest absolute Gasteiger partial charge is 0.301 e. The molecular weight excluding hydrogens is 248 g/mol. The smallest absolute Gasteiger partial charge is 0.251 e. The molecule has 1 heterocycles. The van der Waals surface area contributed by atoms with Crippen LogP contribution >= 0.6 is 11.8 Å². The Hall–Kier alpha value is -1.88. The van der Waals surface area contributed by atoms with E-state index in [1.54, 1.807) is 0 Å². The van der Waals surface area contributed by atoms with E-state index in [0.717, 1.165) is 5.56 Å². The van der Waals surface area contributed by atoms with Crippen molar-refractivity contribution < 1.29 is 4.79 Å². The molecule has 5 heteroatoms. The van der Waals surface area contributed by atoms with E-state index in [1.165, 1.54) is 24.0 Å². The van der Waals surface area contributed by atoms with Crippen LogP contribution in [0.5, 0.6) is 0 Å². The highest BCUT2D eigenvalue weighted by molar-refractivity contribution is 7.99. The summed E-state index contributed by atoms with van der Waals surface area (Å²) in [6.07, 6.45) is 1.84. The van der Waals surface area contributed by atoms with Gasteiger partial charge >= 0.3 is 0 Å². The SMILES string of the molecule is O=C(CSc1nccc(=O)[nH]1)Cc1ccccc1. The zero-order valence-electron chi connectivity index (χ0n) is 9.63. The van der Waals surface area contributed by atoms with Crippen molar-refractivity contribution in [2.75, 3.05) is 5.75 Å². The summed E-state index contributed by atoms with van der Waals surface area (Å²) in [5.41, 5.74) is 0.792. The summed E-state index contributed by atoms with van der Waals surface area (Å²) in [5.74, 6) is 0.416. The molecule has 2 rings (SSSR count). The summed E-state index contributed by atoms with van der Waals surface area (Å²) in [6.45, 7) is 0. The zero-order valence-corrected chi connectivity index (χ0v) is 10.4. The average Bonchev–Trinajstić information content (AvgIpc) is 2.38. The molecule has 2 aromatic rings. The highest BCUT2D eigenvalue weighted by atomic mass is 32.2. The number of Topliss-reactive ketones (excluding diaryl/α,β-unsaturated/α-hetero) is 1. The lowest BCUT2D eigenvalue weighted by Crippen LogP contribution is -2.09. The highest BCUT2D eigenvalue weighted by Gasteiger charge is 2.05. The summed E-state index contributed by atoms with van der Waals surface area (Å²) >= 11 is 1.25. The molecule has 0 amide bonds. The first-order valence-electron chi connectivity index (χ1n) is 5.48. The second-order valence-electron chi connectivity index (χ2n) is 3.73. The van der Waals surface area contributed by atoms with Crippen molar-refractivity contribution in [3.63, 3.8) is 0 Å². The number of nitrogens with zero attached hydrogens (tertiary/aromatic N) is 1. The first-order chi connectivity index (χ1) is 8.74. The van der Waals surface area contributed by atoms with Crippen LogP contribution in [0.25, 0.3) is 0 Å². The lowest BCUT2D eigenvalue weighted by atomic mass is 10.1. The minimum Gasteiger partial charge on any atom is -0.301 e. The molecule has 1 aromatic carbocycles. The Morgan fingerprint density at radius 3 is 2.72 bits per heavy atom. The molecule has 92 valence electrons. The predicted octanol–water partition coefficient (Wildman–Crippen LogP) is 1.67. The molecule has 1 aromatic heterocycles. The van der Waals surface area contributed by atoms with Crippen molar-refractivity contribution >= 4 is 17.5 Å². The number of H-pyrrole nitrogens is 1. The number of aromatic nitrogens is 2. The Balaban J connectivity index is 1.87. The first-order valence-corrected chi connectivity index (χ1v) is 6.46. The van der Waals surface area contributed by atoms with Gasteiger partial charge in [0, 0.05) is 18.7 Å². The van der Waals surface area contributed by atoms with Crippen LogP contribution < -0.4 is 5.56 Å². The van der Waals surface area contributed by atoms with Crippen LogP contribution in [-0.2, 0) is 11.2 Å². The maximum Gasteiger partial charge on any atom is 0.251 e. The third-order valence-electron chi connectivity index (χ3n) is 2.26. The predicted molar refractivity (Wildman–Crippen MR) is 70.7 cm³/mol. The van der Waals surface area contributed by atoms with Crippen LogP contribution in [0.4, 0.5) is 0 Å². The Kier molecular flexibility index (Phi) is 4.30. The number of carbonyl (C=O) groups excluding carboxylic acids is 1. The fraction of sp³-hybridized carbons (Fsp3) is 0.154. The van der Waals surface area contributed by atoms with Crippen molar-refractivity contribution in [1.82, 2.24) is 9.97 Å². The van der Waals surface area contributed by atoms with Gasteiger partial charge in [-0.15, -0.1) is 0 Å². The van der Waals surface area contributed by atoms with E-state index in [0.29, 0.717) is 17.3 Å². The first kappa shape index (κ1) is 12.6. The zero-order chi connectivity index (χ0) is 12.8. The second kappa shape index (κ2) is 6.16. The summed E-state index contributed by atoms with van der Waals surface area (Å²) in [7, 11) is 0. The van der Waals surface area contributed by atoms with Gasteiger partial charge in [-0.05, 0) is 5.56 Å². The molecule has 0 fully saturated rings. The lowest BCUT2D eigenvalue weighted by Gasteiger charge is -2.01. The number of carbonyl (C=O) groups is 1. The summed E-state index contributed by atoms with van der Waals surface area (Å²) in [6, 6.07) is 10.9. The number of rotatable bonds is 5. The van der Waals surface area contributed by atoms with Gasteiger partial charge in [0.15, 0.2) is 5.16 Å². The van der Waals surface area contributed by atoms with Crippen LogP contribution in [-0.4, -0.2) is 21.5 Å². The fourth-order valence-electron chi connectivity index (χ4n) is 1.45. The molecule has 0 aliphatic heterocycles. The number of hydrogen-bond acceptors (Lipinski definition) is 4. The van der Waals surface area contributed by atoms with Crippen molar-refractivity contribution in [2.45, 2.75) is 11.6 Å². The molecule has 0 aliphatic rings. The van der Waals surface area contributed by atoms with E-state index in [9.17, 15) is 9.59 Å². The summed E-state index contributed by atoms with van der Waals surface area (Å²) < 4.78 is 0. The Bertz CT molecular complexity index is 581. The minimum atomic E-state index is -0.206. The lowest BCUT2D eigenvalue weighted by molar-refractivity contribution is -0.116. The van der Waals surface area contributed by atoms with Gasteiger partial charge in [-0.1, -0.05) is 42.1 Å². The van der Waals surface area contributed by atoms with Crippen molar-refractivity contribution in [3.8, 4) is 0 Å². The number of ketones is 1. The van der Waals surface area contributed by atoms with Crippen LogP contribution in [0.3, 0.4) is 0 Å². The third kappa shape index (κ3) is 3.85. The van der Waals surface area contributed by atoms with E-state index in [2.05, 4.69) is 9.97 Å². The average molecular weight is 260 g/mol. The summed E-state index contributed by atoms with van der Waals surface area (Å²) in [4.78, 5) is 29.3. The minimum absolute atomic E-state index is 0.109. The number of thioether (sulfide) groups is 1. The summed E-state index contributed by atoms with van der Waals surface area (Å²) in [5, 5.41) is 0.476. The highest BCUT2D eigenvalue weighted by Crippen LogP contribution is 2.11. The fourth-order valence-corrected chi connectivity index (χ4v) is 2.16. The van der Waals surface area contributed by atoms with E-state index in [-0.39, 0.29) is 11.3 Å². The Morgan fingerprint density at radius 1 is 1.22 bits per heavy atom. The maximum absolute atomic E-state index is 11.7. The van der Waals surface area contributed by atoms with Gasteiger partial charge in [0.25, 0.3) is 5.56 Å². The molecule has 0 saturated heterocycles. The molecule has 0 bridgehead atoms. The monoisotopic (exact) mass is 260 g/mol. The van der Waals surface area contributed by atoms with Gasteiger partial charge in [-0.2, -0.15) is 0 Å². The number of aromatic amines is 1. The van der Waals surface area contributed by atoms with Crippen LogP contribution in [0.2, 0.25) is 0 Å². The van der Waals surface area contributed by atoms with Crippen molar-refractivity contribution in [3.05, 3.63) is 58.5 Å². The molecule has 18 heavy (non-hydrogen) atoms. The van der Waals surface area contributed by atoms with Crippen LogP contribution in [0.15, 0.2) is 52.5 Å². The third-order valence-corrected chi connectivity index (χ3v) is 3.21. The van der Waals surface area contributed by atoms with E-state index < -0.39 is 0 Å². The van der Waals surface area contributed by atoms with Gasteiger partial charge in [0.1, 0.15) is 5.78 Å². The Morgan fingerprint density at radius 2 is 2.00 bits per heavy atom. The standard InChI is InChI=1S/C13H12N2O2S/c16-11(8-10-4-2-1-3-5-10)9-18-13-14-7-6-12(17)15-13/h1-7H,8-9H2,(H,14,15,17). The van der Waals surface area contributed by atoms with Crippen LogP contribution in [0, 0.1) is 0 Å². The molecule has 0 radical (unpaired) electrons. The second-order valence-corrected chi connectivity index (χ2v) is 4.69.